The number of amides is 1. The summed E-state index contributed by atoms with van der Waals surface area (Å²) in [5.74, 6) is -0.528. The zero-order valence-corrected chi connectivity index (χ0v) is 12.4. The highest BCUT2D eigenvalue weighted by Crippen LogP contribution is 2.19. The molecule has 1 amide bonds. The van der Waals surface area contributed by atoms with Gasteiger partial charge in [0.2, 0.25) is 0 Å². The van der Waals surface area contributed by atoms with E-state index in [1.165, 1.54) is 12.3 Å². The van der Waals surface area contributed by atoms with Crippen LogP contribution in [0.3, 0.4) is 0 Å². The van der Waals surface area contributed by atoms with Gasteiger partial charge in [-0.3, -0.25) is 9.78 Å². The first-order chi connectivity index (χ1) is 11.2. The van der Waals surface area contributed by atoms with Gasteiger partial charge in [0.1, 0.15) is 11.5 Å². The lowest BCUT2D eigenvalue weighted by Gasteiger charge is -2.02. The van der Waals surface area contributed by atoms with Crippen LogP contribution < -0.4 is 5.32 Å². The molecule has 116 valence electrons. The van der Waals surface area contributed by atoms with Gasteiger partial charge in [-0.25, -0.2) is 9.07 Å². The van der Waals surface area contributed by atoms with Crippen LogP contribution in [0.1, 0.15) is 16.1 Å². The molecule has 0 aliphatic heterocycles. The van der Waals surface area contributed by atoms with Gasteiger partial charge in [-0.1, -0.05) is 17.3 Å². The molecule has 0 aliphatic carbocycles. The fourth-order valence-corrected chi connectivity index (χ4v) is 2.13. The molecule has 0 unspecified atom stereocenters. The van der Waals surface area contributed by atoms with Gasteiger partial charge in [-0.2, -0.15) is 0 Å². The number of rotatable bonds is 4. The molecule has 6 nitrogen and oxygen atoms in total. The summed E-state index contributed by atoms with van der Waals surface area (Å²) in [6, 6.07) is 9.84. The highest BCUT2D eigenvalue weighted by Gasteiger charge is 2.09. The van der Waals surface area contributed by atoms with Crippen molar-refractivity contribution in [1.29, 1.82) is 0 Å². The van der Waals surface area contributed by atoms with Crippen LogP contribution in [0.25, 0.3) is 11.3 Å². The third-order valence-electron chi connectivity index (χ3n) is 3.33. The van der Waals surface area contributed by atoms with E-state index >= 15 is 0 Å². The Morgan fingerprint density at radius 2 is 2.09 bits per heavy atom. The molecule has 0 fully saturated rings. The van der Waals surface area contributed by atoms with Crippen LogP contribution in [-0.4, -0.2) is 32.9 Å². The Kier molecular flexibility index (Phi) is 4.09. The monoisotopic (exact) mass is 311 g/mol. The zero-order valence-electron chi connectivity index (χ0n) is 12.4. The molecule has 0 radical (unpaired) electrons. The standard InChI is InChI=1S/C16H14FN5O/c1-18-16(23)11-6-7-12(19-8-11)9-22-10-15(20-21-22)13-4-2-3-5-14(13)17/h2-8,10H,9H2,1H3,(H,18,23). The third-order valence-corrected chi connectivity index (χ3v) is 3.33. The van der Waals surface area contributed by atoms with Gasteiger partial charge >= 0.3 is 0 Å². The lowest BCUT2D eigenvalue weighted by molar-refractivity contribution is 0.0962. The summed E-state index contributed by atoms with van der Waals surface area (Å²) in [5.41, 5.74) is 2.08. The van der Waals surface area contributed by atoms with Crippen LogP contribution in [0, 0.1) is 5.82 Å². The number of nitrogens with zero attached hydrogens (tertiary/aromatic N) is 4. The van der Waals surface area contributed by atoms with Gasteiger partial charge in [0.15, 0.2) is 0 Å². The molecule has 1 aromatic carbocycles. The Bertz CT molecular complexity index is 828. The van der Waals surface area contributed by atoms with Crippen LogP contribution >= 0.6 is 0 Å². The van der Waals surface area contributed by atoms with E-state index in [2.05, 4.69) is 20.6 Å². The zero-order chi connectivity index (χ0) is 16.2. The molecule has 7 heteroatoms. The summed E-state index contributed by atoms with van der Waals surface area (Å²) in [4.78, 5) is 15.7. The van der Waals surface area contributed by atoms with Crippen LogP contribution in [0.2, 0.25) is 0 Å². The Morgan fingerprint density at radius 1 is 1.26 bits per heavy atom. The molecule has 0 bridgehead atoms. The van der Waals surface area contributed by atoms with Crippen molar-refractivity contribution in [2.45, 2.75) is 6.54 Å². The maximum atomic E-state index is 13.7. The number of carbonyl (C=O) groups excluding carboxylic acids is 1. The van der Waals surface area contributed by atoms with E-state index in [1.807, 2.05) is 0 Å². The maximum Gasteiger partial charge on any atom is 0.252 e. The first-order valence-corrected chi connectivity index (χ1v) is 6.99. The molecule has 0 aliphatic rings. The van der Waals surface area contributed by atoms with E-state index in [0.29, 0.717) is 23.4 Å². The molecule has 3 aromatic rings. The van der Waals surface area contributed by atoms with Crippen molar-refractivity contribution in [3.05, 3.63) is 65.9 Å². The molecule has 1 N–H and O–H groups in total. The number of hydrogen-bond donors (Lipinski definition) is 1. The van der Waals surface area contributed by atoms with Gasteiger partial charge in [0, 0.05) is 18.8 Å². The smallest absolute Gasteiger partial charge is 0.252 e. The lowest BCUT2D eigenvalue weighted by Crippen LogP contribution is -2.18. The number of halogens is 1. The highest BCUT2D eigenvalue weighted by atomic mass is 19.1. The van der Waals surface area contributed by atoms with Gasteiger partial charge in [-0.15, -0.1) is 5.10 Å². The van der Waals surface area contributed by atoms with Gasteiger partial charge in [-0.05, 0) is 24.3 Å². The van der Waals surface area contributed by atoms with Crippen molar-refractivity contribution in [2.24, 2.45) is 0 Å². The fraction of sp³-hybridized carbons (Fsp3) is 0.125. The van der Waals surface area contributed by atoms with Crippen molar-refractivity contribution in [3.8, 4) is 11.3 Å². The van der Waals surface area contributed by atoms with Crippen molar-refractivity contribution < 1.29 is 9.18 Å². The van der Waals surface area contributed by atoms with E-state index < -0.39 is 0 Å². The largest absolute Gasteiger partial charge is 0.355 e. The van der Waals surface area contributed by atoms with Gasteiger partial charge < -0.3 is 5.32 Å². The van der Waals surface area contributed by atoms with E-state index in [4.69, 9.17) is 0 Å². The summed E-state index contributed by atoms with van der Waals surface area (Å²) in [6.07, 6.45) is 3.16. The van der Waals surface area contributed by atoms with E-state index in [1.54, 1.807) is 48.3 Å². The molecule has 23 heavy (non-hydrogen) atoms. The highest BCUT2D eigenvalue weighted by molar-refractivity contribution is 5.93. The summed E-state index contributed by atoms with van der Waals surface area (Å²) in [5, 5.41) is 10.5. The lowest BCUT2D eigenvalue weighted by atomic mass is 10.1. The fourth-order valence-electron chi connectivity index (χ4n) is 2.13. The second kappa shape index (κ2) is 6.35. The quantitative estimate of drug-likeness (QED) is 0.798. The van der Waals surface area contributed by atoms with E-state index in [-0.39, 0.29) is 11.7 Å². The molecule has 0 saturated heterocycles. The number of aromatic nitrogens is 4. The molecular weight excluding hydrogens is 297 g/mol. The minimum atomic E-state index is -0.340. The molecule has 0 spiro atoms. The Balaban J connectivity index is 1.77. The summed E-state index contributed by atoms with van der Waals surface area (Å²) in [6.45, 7) is 0.384. The van der Waals surface area contributed by atoms with Crippen molar-refractivity contribution in [3.63, 3.8) is 0 Å². The van der Waals surface area contributed by atoms with Crippen molar-refractivity contribution >= 4 is 5.91 Å². The first-order valence-electron chi connectivity index (χ1n) is 6.99. The van der Waals surface area contributed by atoms with Crippen molar-refractivity contribution in [2.75, 3.05) is 7.05 Å². The number of hydrogen-bond acceptors (Lipinski definition) is 4. The SMILES string of the molecule is CNC(=O)c1ccc(Cn2cc(-c3ccccc3F)nn2)nc1. The molecule has 2 aromatic heterocycles. The Labute approximate surface area is 132 Å². The molecule has 2 heterocycles. The summed E-state index contributed by atoms with van der Waals surface area (Å²) in [7, 11) is 1.57. The van der Waals surface area contributed by atoms with Crippen LogP contribution in [-0.2, 0) is 6.54 Å². The molecule has 0 atom stereocenters. The normalized spacial score (nSPS) is 10.5. The van der Waals surface area contributed by atoms with Crippen LogP contribution in [0.5, 0.6) is 0 Å². The number of nitrogens with one attached hydrogen (secondary N) is 1. The summed E-state index contributed by atoms with van der Waals surface area (Å²) >= 11 is 0. The first kappa shape index (κ1) is 14.8. The van der Waals surface area contributed by atoms with Gasteiger partial charge in [0.25, 0.3) is 5.91 Å². The minimum absolute atomic E-state index is 0.188. The Morgan fingerprint density at radius 3 is 2.78 bits per heavy atom. The summed E-state index contributed by atoms with van der Waals surface area (Å²) < 4.78 is 15.3. The number of pyridine rings is 1. The molecular formula is C16H14FN5O. The Hall–Kier alpha value is -3.09. The number of carbonyl (C=O) groups is 1. The van der Waals surface area contributed by atoms with Crippen LogP contribution in [0.4, 0.5) is 4.39 Å². The minimum Gasteiger partial charge on any atom is -0.355 e. The second-order valence-electron chi connectivity index (χ2n) is 4.90. The third kappa shape index (κ3) is 3.23. The van der Waals surface area contributed by atoms with Crippen LogP contribution in [0.15, 0.2) is 48.8 Å². The van der Waals surface area contributed by atoms with E-state index in [0.717, 1.165) is 5.69 Å². The maximum absolute atomic E-state index is 13.7. The second-order valence-corrected chi connectivity index (χ2v) is 4.90. The predicted octanol–water partition coefficient (Wildman–Crippen LogP) is 1.89. The van der Waals surface area contributed by atoms with E-state index in [9.17, 15) is 9.18 Å². The van der Waals surface area contributed by atoms with Gasteiger partial charge in [0.05, 0.1) is 24.0 Å². The average Bonchev–Trinajstić information content (AvgIpc) is 3.03. The molecule has 0 saturated carbocycles. The van der Waals surface area contributed by atoms with Crippen molar-refractivity contribution in [1.82, 2.24) is 25.3 Å². The molecule has 3 rings (SSSR count). The topological polar surface area (TPSA) is 72.7 Å². The predicted molar refractivity (Wildman–Crippen MR) is 82.1 cm³/mol. The average molecular weight is 311 g/mol. The number of benzene rings is 1.